The molecule has 1 aliphatic rings. The fraction of sp³-hybridized carbons (Fsp3) is 0.444. The van der Waals surface area contributed by atoms with Gasteiger partial charge in [0.2, 0.25) is 0 Å². The summed E-state index contributed by atoms with van der Waals surface area (Å²) >= 11 is 0. The van der Waals surface area contributed by atoms with Gasteiger partial charge in [0.25, 0.3) is 5.91 Å². The summed E-state index contributed by atoms with van der Waals surface area (Å²) in [5, 5.41) is 4.32. The molecule has 0 radical (unpaired) electrons. The quantitative estimate of drug-likeness (QED) is 0.874. The molecule has 0 unspecified atom stereocenters. The second-order valence-corrected chi connectivity index (χ2v) is 6.05. The van der Waals surface area contributed by atoms with E-state index in [4.69, 9.17) is 0 Å². The van der Waals surface area contributed by atoms with Crippen LogP contribution in [0.3, 0.4) is 0 Å². The van der Waals surface area contributed by atoms with Crippen LogP contribution in [0, 0.1) is 13.8 Å². The molecule has 0 spiro atoms. The summed E-state index contributed by atoms with van der Waals surface area (Å²) < 4.78 is 1.79. The van der Waals surface area contributed by atoms with Gasteiger partial charge in [-0.2, -0.15) is 5.10 Å². The number of hydrogen-bond donors (Lipinski definition) is 0. The standard InChI is InChI=1S/C18H24N4O/c1-4-22-9-8-16(19-22)18(23)21-12-10-20(11-13-21)17-7-5-6-14(2)15(17)3/h5-9H,4,10-13H2,1-3H3. The smallest absolute Gasteiger partial charge is 0.274 e. The van der Waals surface area contributed by atoms with Crippen molar-refractivity contribution < 1.29 is 4.79 Å². The Morgan fingerprint density at radius 1 is 1.13 bits per heavy atom. The van der Waals surface area contributed by atoms with Crippen LogP contribution in [0.2, 0.25) is 0 Å². The number of nitrogens with zero attached hydrogens (tertiary/aromatic N) is 4. The lowest BCUT2D eigenvalue weighted by molar-refractivity contribution is 0.0740. The van der Waals surface area contributed by atoms with Crippen LogP contribution in [0.25, 0.3) is 0 Å². The highest BCUT2D eigenvalue weighted by atomic mass is 16.2. The molecule has 5 nitrogen and oxygen atoms in total. The first-order valence-electron chi connectivity index (χ1n) is 8.24. The highest BCUT2D eigenvalue weighted by Gasteiger charge is 2.24. The molecule has 0 saturated carbocycles. The molecular formula is C18H24N4O. The number of anilines is 1. The maximum Gasteiger partial charge on any atom is 0.274 e. The first kappa shape index (κ1) is 15.6. The number of amides is 1. The molecule has 2 aromatic rings. The normalized spacial score (nSPS) is 15.1. The lowest BCUT2D eigenvalue weighted by Crippen LogP contribution is -2.49. The van der Waals surface area contributed by atoms with Gasteiger partial charge in [-0.15, -0.1) is 0 Å². The fourth-order valence-electron chi connectivity index (χ4n) is 3.04. The predicted molar refractivity (Wildman–Crippen MR) is 91.9 cm³/mol. The van der Waals surface area contributed by atoms with E-state index in [2.05, 4.69) is 42.0 Å². The average molecular weight is 312 g/mol. The molecule has 5 heteroatoms. The largest absolute Gasteiger partial charge is 0.368 e. The van der Waals surface area contributed by atoms with Crippen LogP contribution >= 0.6 is 0 Å². The zero-order chi connectivity index (χ0) is 16.4. The molecule has 2 heterocycles. The Hall–Kier alpha value is -2.30. The monoisotopic (exact) mass is 312 g/mol. The van der Waals surface area contributed by atoms with Gasteiger partial charge in [-0.25, -0.2) is 0 Å². The molecule has 0 N–H and O–H groups in total. The molecule has 122 valence electrons. The highest BCUT2D eigenvalue weighted by molar-refractivity contribution is 5.92. The van der Waals surface area contributed by atoms with Gasteiger partial charge in [0.15, 0.2) is 0 Å². The first-order chi connectivity index (χ1) is 11.1. The molecule has 1 aromatic carbocycles. The van der Waals surface area contributed by atoms with Crippen molar-refractivity contribution >= 4 is 11.6 Å². The minimum absolute atomic E-state index is 0.0396. The van der Waals surface area contributed by atoms with Crippen molar-refractivity contribution in [3.8, 4) is 0 Å². The number of aromatic nitrogens is 2. The zero-order valence-corrected chi connectivity index (χ0v) is 14.1. The van der Waals surface area contributed by atoms with E-state index in [-0.39, 0.29) is 5.91 Å². The molecule has 3 rings (SSSR count). The Morgan fingerprint density at radius 3 is 2.52 bits per heavy atom. The third-order valence-electron chi connectivity index (χ3n) is 4.67. The Bertz CT molecular complexity index is 699. The summed E-state index contributed by atoms with van der Waals surface area (Å²) in [6, 6.07) is 8.22. The maximum absolute atomic E-state index is 12.5. The fourth-order valence-corrected chi connectivity index (χ4v) is 3.04. The van der Waals surface area contributed by atoms with Crippen molar-refractivity contribution in [1.82, 2.24) is 14.7 Å². The molecule has 1 aromatic heterocycles. The molecule has 1 saturated heterocycles. The van der Waals surface area contributed by atoms with E-state index >= 15 is 0 Å². The van der Waals surface area contributed by atoms with Crippen LogP contribution in [0.15, 0.2) is 30.5 Å². The van der Waals surface area contributed by atoms with E-state index in [1.54, 1.807) is 4.68 Å². The maximum atomic E-state index is 12.5. The number of hydrogen-bond acceptors (Lipinski definition) is 3. The van der Waals surface area contributed by atoms with Gasteiger partial charge >= 0.3 is 0 Å². The molecule has 0 bridgehead atoms. The van der Waals surface area contributed by atoms with Crippen LogP contribution in [0.1, 0.15) is 28.5 Å². The van der Waals surface area contributed by atoms with Crippen LogP contribution < -0.4 is 4.90 Å². The minimum Gasteiger partial charge on any atom is -0.368 e. The number of benzene rings is 1. The van der Waals surface area contributed by atoms with Gasteiger partial charge < -0.3 is 9.80 Å². The van der Waals surface area contributed by atoms with Crippen molar-refractivity contribution in [3.63, 3.8) is 0 Å². The Morgan fingerprint density at radius 2 is 1.87 bits per heavy atom. The summed E-state index contributed by atoms with van der Waals surface area (Å²) in [6.07, 6.45) is 1.86. The van der Waals surface area contributed by atoms with Crippen LogP contribution in [-0.2, 0) is 6.54 Å². The van der Waals surface area contributed by atoms with E-state index in [1.165, 1.54) is 16.8 Å². The summed E-state index contributed by atoms with van der Waals surface area (Å²) in [7, 11) is 0. The van der Waals surface area contributed by atoms with Gasteiger partial charge in [0.1, 0.15) is 5.69 Å². The summed E-state index contributed by atoms with van der Waals surface area (Å²) in [4.78, 5) is 16.8. The van der Waals surface area contributed by atoms with E-state index in [0.717, 1.165) is 32.7 Å². The molecule has 1 amide bonds. The van der Waals surface area contributed by atoms with Crippen molar-refractivity contribution in [3.05, 3.63) is 47.3 Å². The topological polar surface area (TPSA) is 41.4 Å². The lowest BCUT2D eigenvalue weighted by atomic mass is 10.1. The van der Waals surface area contributed by atoms with E-state index in [0.29, 0.717) is 5.69 Å². The lowest BCUT2D eigenvalue weighted by Gasteiger charge is -2.36. The first-order valence-corrected chi connectivity index (χ1v) is 8.24. The number of carbonyl (C=O) groups is 1. The van der Waals surface area contributed by atoms with E-state index in [1.807, 2.05) is 24.1 Å². The SMILES string of the molecule is CCn1ccc(C(=O)N2CCN(c3cccc(C)c3C)CC2)n1. The number of aryl methyl sites for hydroxylation is 2. The molecule has 23 heavy (non-hydrogen) atoms. The Labute approximate surface area is 137 Å². The minimum atomic E-state index is 0.0396. The number of rotatable bonds is 3. The van der Waals surface area contributed by atoms with Crippen molar-refractivity contribution in [2.75, 3.05) is 31.1 Å². The molecule has 0 atom stereocenters. The van der Waals surface area contributed by atoms with Gasteiger partial charge in [0, 0.05) is 44.6 Å². The second kappa shape index (κ2) is 6.44. The summed E-state index contributed by atoms with van der Waals surface area (Å²) in [5.74, 6) is 0.0396. The number of carbonyl (C=O) groups excluding carboxylic acids is 1. The highest BCUT2D eigenvalue weighted by Crippen LogP contribution is 2.24. The molecule has 1 fully saturated rings. The second-order valence-electron chi connectivity index (χ2n) is 6.05. The average Bonchev–Trinajstić information content (AvgIpc) is 3.06. The Balaban J connectivity index is 1.66. The number of piperazine rings is 1. The van der Waals surface area contributed by atoms with E-state index in [9.17, 15) is 4.79 Å². The third kappa shape index (κ3) is 3.09. The van der Waals surface area contributed by atoms with Crippen LogP contribution in [0.4, 0.5) is 5.69 Å². The molecule has 0 aliphatic carbocycles. The van der Waals surface area contributed by atoms with Crippen molar-refractivity contribution in [2.45, 2.75) is 27.3 Å². The van der Waals surface area contributed by atoms with Gasteiger partial charge in [-0.05, 0) is 44.0 Å². The van der Waals surface area contributed by atoms with Crippen molar-refractivity contribution in [1.29, 1.82) is 0 Å². The van der Waals surface area contributed by atoms with E-state index < -0.39 is 0 Å². The van der Waals surface area contributed by atoms with Crippen molar-refractivity contribution in [2.24, 2.45) is 0 Å². The summed E-state index contributed by atoms with van der Waals surface area (Å²) in [6.45, 7) is 10.3. The van der Waals surface area contributed by atoms with Crippen LogP contribution in [-0.4, -0.2) is 46.8 Å². The van der Waals surface area contributed by atoms with Gasteiger partial charge in [0.05, 0.1) is 0 Å². The third-order valence-corrected chi connectivity index (χ3v) is 4.67. The Kier molecular flexibility index (Phi) is 4.37. The van der Waals surface area contributed by atoms with Gasteiger partial charge in [-0.3, -0.25) is 9.48 Å². The van der Waals surface area contributed by atoms with Crippen LogP contribution in [0.5, 0.6) is 0 Å². The zero-order valence-electron chi connectivity index (χ0n) is 14.1. The predicted octanol–water partition coefficient (Wildman–Crippen LogP) is 2.48. The van der Waals surface area contributed by atoms with Gasteiger partial charge in [-0.1, -0.05) is 12.1 Å². The molecule has 1 aliphatic heterocycles. The summed E-state index contributed by atoms with van der Waals surface area (Å²) in [5.41, 5.74) is 4.47. The molecular weight excluding hydrogens is 288 g/mol.